The molecule has 2 aromatic rings. The van der Waals surface area contributed by atoms with Crippen molar-refractivity contribution in [2.24, 2.45) is 0 Å². The molecule has 0 saturated carbocycles. The average Bonchev–Trinajstić information content (AvgIpc) is 2.64. The van der Waals surface area contributed by atoms with Crippen molar-refractivity contribution in [1.29, 1.82) is 0 Å². The Kier molecular flexibility index (Phi) is 7.30. The number of halogens is 3. The van der Waals surface area contributed by atoms with E-state index < -0.39 is 50.8 Å². The highest BCUT2D eigenvalue weighted by Crippen LogP contribution is 2.27. The minimum absolute atomic E-state index is 0.176. The standard InChI is InChI=1S/C21H23F3N2O3S/c1-12(8-9-30(4,28)29)25-21(27)16-10-19(24)20(11-18(16)23)26-14(3)15-6-5-7-17(22)13(15)2/h5-12,14,26H,1-4H3,(H,25,27)/b9-8+/t12-,14+/m1/s1. The fourth-order valence-electron chi connectivity index (χ4n) is 2.83. The van der Waals surface area contributed by atoms with Gasteiger partial charge in [0.25, 0.3) is 5.91 Å². The molecule has 0 aliphatic heterocycles. The third-order valence-corrected chi connectivity index (χ3v) is 5.07. The van der Waals surface area contributed by atoms with E-state index >= 15 is 0 Å². The monoisotopic (exact) mass is 440 g/mol. The summed E-state index contributed by atoms with van der Waals surface area (Å²) in [4.78, 5) is 12.2. The van der Waals surface area contributed by atoms with Crippen molar-refractivity contribution < 1.29 is 26.4 Å². The fraction of sp³-hybridized carbons (Fsp3) is 0.286. The van der Waals surface area contributed by atoms with Crippen LogP contribution in [0, 0.1) is 24.4 Å². The van der Waals surface area contributed by atoms with E-state index in [1.165, 1.54) is 25.1 Å². The predicted octanol–water partition coefficient (Wildman–Crippen LogP) is 4.26. The molecule has 0 radical (unpaired) electrons. The predicted molar refractivity (Wildman–Crippen MR) is 110 cm³/mol. The van der Waals surface area contributed by atoms with E-state index in [2.05, 4.69) is 10.6 Å². The number of hydrogen-bond acceptors (Lipinski definition) is 4. The highest BCUT2D eigenvalue weighted by atomic mass is 32.2. The molecule has 30 heavy (non-hydrogen) atoms. The van der Waals surface area contributed by atoms with Gasteiger partial charge in [-0.15, -0.1) is 0 Å². The quantitative estimate of drug-likeness (QED) is 0.675. The van der Waals surface area contributed by atoms with Gasteiger partial charge in [-0.3, -0.25) is 4.79 Å². The van der Waals surface area contributed by atoms with E-state index in [4.69, 9.17) is 0 Å². The number of carbonyl (C=O) groups excluding carboxylic acids is 1. The molecular weight excluding hydrogens is 417 g/mol. The summed E-state index contributed by atoms with van der Waals surface area (Å²) in [7, 11) is -3.38. The topological polar surface area (TPSA) is 75.3 Å². The summed E-state index contributed by atoms with van der Waals surface area (Å²) in [5.41, 5.74) is 0.283. The number of amides is 1. The molecule has 5 nitrogen and oxygen atoms in total. The van der Waals surface area contributed by atoms with Crippen molar-refractivity contribution in [3.05, 3.63) is 76.0 Å². The molecule has 2 aromatic carbocycles. The summed E-state index contributed by atoms with van der Waals surface area (Å²) in [5, 5.41) is 6.08. The highest BCUT2D eigenvalue weighted by molar-refractivity contribution is 7.93. The second kappa shape index (κ2) is 9.34. The van der Waals surface area contributed by atoms with Gasteiger partial charge in [0.05, 0.1) is 11.3 Å². The molecule has 0 aliphatic carbocycles. The first-order valence-corrected chi connectivity index (χ1v) is 11.0. The zero-order chi connectivity index (χ0) is 22.6. The van der Waals surface area contributed by atoms with Crippen LogP contribution in [0.2, 0.25) is 0 Å². The molecule has 162 valence electrons. The molecule has 0 aromatic heterocycles. The number of benzene rings is 2. The molecule has 0 bridgehead atoms. The van der Waals surface area contributed by atoms with Gasteiger partial charge < -0.3 is 10.6 Å². The molecule has 0 fully saturated rings. The Labute approximate surface area is 173 Å². The Balaban J connectivity index is 2.19. The smallest absolute Gasteiger partial charge is 0.254 e. The Bertz CT molecular complexity index is 1090. The SMILES string of the molecule is Cc1c(F)cccc1[C@H](C)Nc1cc(F)c(C(=O)N[C@H](C)/C=C/S(C)(=O)=O)cc1F. The van der Waals surface area contributed by atoms with Crippen molar-refractivity contribution in [1.82, 2.24) is 5.32 Å². The van der Waals surface area contributed by atoms with Crippen LogP contribution in [-0.4, -0.2) is 26.6 Å². The number of sulfone groups is 1. The first-order chi connectivity index (χ1) is 13.9. The summed E-state index contributed by atoms with van der Waals surface area (Å²) >= 11 is 0. The van der Waals surface area contributed by atoms with Gasteiger partial charge in [-0.2, -0.15) is 0 Å². The lowest BCUT2D eigenvalue weighted by Gasteiger charge is -2.19. The molecule has 0 unspecified atom stereocenters. The van der Waals surface area contributed by atoms with Crippen LogP contribution < -0.4 is 10.6 Å². The molecule has 0 saturated heterocycles. The molecule has 2 rings (SSSR count). The summed E-state index contributed by atoms with van der Waals surface area (Å²) in [6, 6.07) is 4.89. The number of carbonyl (C=O) groups is 1. The summed E-state index contributed by atoms with van der Waals surface area (Å²) in [5.74, 6) is -3.11. The maximum atomic E-state index is 14.5. The van der Waals surface area contributed by atoms with E-state index in [0.29, 0.717) is 11.1 Å². The summed E-state index contributed by atoms with van der Waals surface area (Å²) < 4.78 is 65.0. The average molecular weight is 440 g/mol. The van der Waals surface area contributed by atoms with Crippen LogP contribution in [-0.2, 0) is 9.84 Å². The minimum Gasteiger partial charge on any atom is -0.376 e. The lowest BCUT2D eigenvalue weighted by molar-refractivity contribution is 0.0942. The lowest BCUT2D eigenvalue weighted by Crippen LogP contribution is -2.32. The molecule has 2 N–H and O–H groups in total. The summed E-state index contributed by atoms with van der Waals surface area (Å²) in [6.07, 6.45) is 2.21. The highest BCUT2D eigenvalue weighted by Gasteiger charge is 2.19. The fourth-order valence-corrected chi connectivity index (χ4v) is 3.35. The van der Waals surface area contributed by atoms with Crippen molar-refractivity contribution in [2.45, 2.75) is 32.9 Å². The van der Waals surface area contributed by atoms with Crippen molar-refractivity contribution in [3.63, 3.8) is 0 Å². The van der Waals surface area contributed by atoms with Gasteiger partial charge in [0.2, 0.25) is 0 Å². The van der Waals surface area contributed by atoms with Gasteiger partial charge in [-0.1, -0.05) is 18.2 Å². The van der Waals surface area contributed by atoms with Crippen molar-refractivity contribution in [3.8, 4) is 0 Å². The zero-order valence-corrected chi connectivity index (χ0v) is 17.8. The maximum Gasteiger partial charge on any atom is 0.254 e. The number of rotatable bonds is 7. The zero-order valence-electron chi connectivity index (χ0n) is 17.0. The number of nitrogens with one attached hydrogen (secondary N) is 2. The van der Waals surface area contributed by atoms with Gasteiger partial charge >= 0.3 is 0 Å². The van der Waals surface area contributed by atoms with Crippen molar-refractivity contribution in [2.75, 3.05) is 11.6 Å². The molecule has 0 heterocycles. The molecule has 1 amide bonds. The van der Waals surface area contributed by atoms with E-state index in [9.17, 15) is 26.4 Å². The van der Waals surface area contributed by atoms with Gasteiger partial charge in [0.15, 0.2) is 9.84 Å². The normalized spacial score (nSPS) is 13.8. The first-order valence-electron chi connectivity index (χ1n) is 9.08. The number of anilines is 1. The van der Waals surface area contributed by atoms with Gasteiger partial charge in [0.1, 0.15) is 17.5 Å². The summed E-state index contributed by atoms with van der Waals surface area (Å²) in [6.45, 7) is 4.76. The number of hydrogen-bond donors (Lipinski definition) is 2. The molecule has 9 heteroatoms. The van der Waals surface area contributed by atoms with Crippen LogP contribution in [0.15, 0.2) is 41.8 Å². The lowest BCUT2D eigenvalue weighted by atomic mass is 10.0. The van der Waals surface area contributed by atoms with E-state index in [1.54, 1.807) is 19.9 Å². The van der Waals surface area contributed by atoms with E-state index in [-0.39, 0.29) is 5.69 Å². The Morgan fingerprint density at radius 3 is 2.37 bits per heavy atom. The molecular formula is C21H23F3N2O3S. The molecule has 2 atom stereocenters. The van der Waals surface area contributed by atoms with Crippen LogP contribution in [0.4, 0.5) is 18.9 Å². The maximum absolute atomic E-state index is 14.5. The van der Waals surface area contributed by atoms with Crippen LogP contribution in [0.3, 0.4) is 0 Å². The first kappa shape index (κ1) is 23.5. The van der Waals surface area contributed by atoms with Crippen LogP contribution >= 0.6 is 0 Å². The second-order valence-electron chi connectivity index (χ2n) is 7.05. The van der Waals surface area contributed by atoms with Crippen LogP contribution in [0.1, 0.15) is 41.4 Å². The molecule has 0 spiro atoms. The van der Waals surface area contributed by atoms with Gasteiger partial charge in [-0.05, 0) is 44.0 Å². The van der Waals surface area contributed by atoms with Gasteiger partial charge in [0, 0.05) is 29.8 Å². The Hall–Kier alpha value is -2.81. The largest absolute Gasteiger partial charge is 0.376 e. The Morgan fingerprint density at radius 1 is 1.07 bits per heavy atom. The van der Waals surface area contributed by atoms with Crippen LogP contribution in [0.5, 0.6) is 0 Å². The van der Waals surface area contributed by atoms with E-state index in [0.717, 1.165) is 23.8 Å². The molecule has 0 aliphatic rings. The van der Waals surface area contributed by atoms with E-state index in [1.807, 2.05) is 0 Å². The second-order valence-corrected chi connectivity index (χ2v) is 8.98. The van der Waals surface area contributed by atoms with Crippen molar-refractivity contribution >= 4 is 21.4 Å². The third kappa shape index (κ3) is 6.09. The Morgan fingerprint density at radius 2 is 1.73 bits per heavy atom. The van der Waals surface area contributed by atoms with Gasteiger partial charge in [-0.25, -0.2) is 21.6 Å². The van der Waals surface area contributed by atoms with Crippen LogP contribution in [0.25, 0.3) is 0 Å². The minimum atomic E-state index is -3.38. The third-order valence-electron chi connectivity index (χ3n) is 4.42.